The van der Waals surface area contributed by atoms with Crippen LogP contribution in [0.3, 0.4) is 0 Å². The average Bonchev–Trinajstić information content (AvgIpc) is 2.35. The summed E-state index contributed by atoms with van der Waals surface area (Å²) in [7, 11) is 1.70. The Balaban J connectivity index is 2.28. The zero-order valence-electron chi connectivity index (χ0n) is 10.8. The number of carbonyl (C=O) groups excluding carboxylic acids is 1. The van der Waals surface area contributed by atoms with Crippen molar-refractivity contribution in [2.24, 2.45) is 0 Å². The molecule has 1 amide bonds. The summed E-state index contributed by atoms with van der Waals surface area (Å²) in [5, 5.41) is 6.26. The molecule has 0 spiro atoms. The number of nitrogens with one attached hydrogen (secondary N) is 2. The molecule has 1 saturated heterocycles. The number of hydrogen-bond donors (Lipinski definition) is 2. The van der Waals surface area contributed by atoms with Gasteiger partial charge in [-0.2, -0.15) is 0 Å². The van der Waals surface area contributed by atoms with Gasteiger partial charge in [0.2, 0.25) is 5.91 Å². The van der Waals surface area contributed by atoms with Gasteiger partial charge >= 0.3 is 0 Å². The first-order valence-corrected chi connectivity index (χ1v) is 6.38. The number of piperidine rings is 1. The molecule has 0 saturated carbocycles. The molecule has 1 aliphatic rings. The Morgan fingerprint density at radius 3 is 2.56 bits per heavy atom. The molecular formula is C12H25N3O. The van der Waals surface area contributed by atoms with Gasteiger partial charge in [-0.05, 0) is 32.7 Å². The second-order valence-corrected chi connectivity index (χ2v) is 4.55. The molecule has 0 aliphatic carbocycles. The van der Waals surface area contributed by atoms with Crippen molar-refractivity contribution in [1.29, 1.82) is 0 Å². The van der Waals surface area contributed by atoms with E-state index in [0.717, 1.165) is 32.5 Å². The normalized spacial score (nSPS) is 20.7. The molecule has 1 heterocycles. The number of carbonyl (C=O) groups is 1. The second-order valence-electron chi connectivity index (χ2n) is 4.55. The molecule has 1 unspecified atom stereocenters. The van der Waals surface area contributed by atoms with Crippen molar-refractivity contribution >= 4 is 5.91 Å². The quantitative estimate of drug-likeness (QED) is 0.722. The lowest BCUT2D eigenvalue weighted by Crippen LogP contribution is -2.50. The lowest BCUT2D eigenvalue weighted by atomic mass is 10.0. The van der Waals surface area contributed by atoms with Gasteiger partial charge in [-0.1, -0.05) is 6.92 Å². The van der Waals surface area contributed by atoms with E-state index in [-0.39, 0.29) is 11.9 Å². The zero-order chi connectivity index (χ0) is 12.0. The van der Waals surface area contributed by atoms with Crippen molar-refractivity contribution < 1.29 is 4.79 Å². The lowest BCUT2D eigenvalue weighted by molar-refractivity contribution is -0.125. The molecule has 0 radical (unpaired) electrons. The van der Waals surface area contributed by atoms with Gasteiger partial charge in [0, 0.05) is 26.2 Å². The SMILES string of the molecule is CCCNC1CCN(C(C)C(=O)NC)CC1. The van der Waals surface area contributed by atoms with Crippen LogP contribution in [0.1, 0.15) is 33.1 Å². The molecule has 1 rings (SSSR count). The highest BCUT2D eigenvalue weighted by Crippen LogP contribution is 2.13. The maximum atomic E-state index is 11.5. The van der Waals surface area contributed by atoms with E-state index < -0.39 is 0 Å². The molecule has 0 aromatic carbocycles. The van der Waals surface area contributed by atoms with E-state index in [2.05, 4.69) is 22.5 Å². The lowest BCUT2D eigenvalue weighted by Gasteiger charge is -2.35. The van der Waals surface area contributed by atoms with Crippen molar-refractivity contribution in [3.63, 3.8) is 0 Å². The van der Waals surface area contributed by atoms with E-state index in [1.807, 2.05) is 6.92 Å². The summed E-state index contributed by atoms with van der Waals surface area (Å²) >= 11 is 0. The van der Waals surface area contributed by atoms with Crippen LogP contribution in [-0.4, -0.2) is 49.6 Å². The van der Waals surface area contributed by atoms with E-state index in [4.69, 9.17) is 0 Å². The van der Waals surface area contributed by atoms with Crippen LogP contribution in [0.4, 0.5) is 0 Å². The molecule has 0 aromatic heterocycles. The summed E-state index contributed by atoms with van der Waals surface area (Å²) in [4.78, 5) is 13.8. The Morgan fingerprint density at radius 1 is 1.44 bits per heavy atom. The van der Waals surface area contributed by atoms with Crippen LogP contribution < -0.4 is 10.6 Å². The molecule has 94 valence electrons. The molecule has 16 heavy (non-hydrogen) atoms. The number of nitrogens with zero attached hydrogens (tertiary/aromatic N) is 1. The predicted octanol–water partition coefficient (Wildman–Crippen LogP) is 0.585. The minimum atomic E-state index is 0.0112. The topological polar surface area (TPSA) is 44.4 Å². The third-order valence-corrected chi connectivity index (χ3v) is 3.39. The van der Waals surface area contributed by atoms with E-state index in [0.29, 0.717) is 6.04 Å². The summed E-state index contributed by atoms with van der Waals surface area (Å²) in [6.07, 6.45) is 3.50. The first kappa shape index (κ1) is 13.5. The van der Waals surface area contributed by atoms with Gasteiger partial charge in [0.15, 0.2) is 0 Å². The Morgan fingerprint density at radius 2 is 2.06 bits per heavy atom. The monoisotopic (exact) mass is 227 g/mol. The van der Waals surface area contributed by atoms with Crippen LogP contribution >= 0.6 is 0 Å². The molecule has 1 aliphatic heterocycles. The van der Waals surface area contributed by atoms with Crippen molar-refractivity contribution in [3.8, 4) is 0 Å². The summed E-state index contributed by atoms with van der Waals surface area (Å²) < 4.78 is 0. The highest BCUT2D eigenvalue weighted by molar-refractivity contribution is 5.80. The van der Waals surface area contributed by atoms with Gasteiger partial charge in [0.25, 0.3) is 0 Å². The number of rotatable bonds is 5. The number of likely N-dealkylation sites (N-methyl/N-ethyl adjacent to an activating group) is 1. The van der Waals surface area contributed by atoms with Crippen molar-refractivity contribution in [2.75, 3.05) is 26.7 Å². The fourth-order valence-electron chi connectivity index (χ4n) is 2.21. The standard InChI is InChI=1S/C12H25N3O/c1-4-7-14-11-5-8-15(9-6-11)10(2)12(16)13-3/h10-11,14H,4-9H2,1-3H3,(H,13,16). The second kappa shape index (κ2) is 6.86. The molecule has 2 N–H and O–H groups in total. The fraction of sp³-hybridized carbons (Fsp3) is 0.917. The molecule has 4 nitrogen and oxygen atoms in total. The van der Waals surface area contributed by atoms with E-state index in [1.165, 1.54) is 6.42 Å². The van der Waals surface area contributed by atoms with Gasteiger partial charge in [0.1, 0.15) is 0 Å². The smallest absolute Gasteiger partial charge is 0.236 e. The Hall–Kier alpha value is -0.610. The average molecular weight is 227 g/mol. The maximum Gasteiger partial charge on any atom is 0.236 e. The third kappa shape index (κ3) is 3.76. The van der Waals surface area contributed by atoms with Crippen molar-refractivity contribution in [2.45, 2.75) is 45.2 Å². The zero-order valence-corrected chi connectivity index (χ0v) is 10.8. The largest absolute Gasteiger partial charge is 0.358 e. The van der Waals surface area contributed by atoms with Gasteiger partial charge in [-0.3, -0.25) is 9.69 Å². The Labute approximate surface area is 98.8 Å². The Kier molecular flexibility index (Phi) is 5.77. The number of hydrogen-bond acceptors (Lipinski definition) is 3. The molecule has 0 bridgehead atoms. The van der Waals surface area contributed by atoms with Crippen LogP contribution in [0.2, 0.25) is 0 Å². The van der Waals surface area contributed by atoms with Crippen LogP contribution in [-0.2, 0) is 4.79 Å². The highest BCUT2D eigenvalue weighted by atomic mass is 16.2. The van der Waals surface area contributed by atoms with Crippen molar-refractivity contribution in [1.82, 2.24) is 15.5 Å². The van der Waals surface area contributed by atoms with Crippen LogP contribution in [0.5, 0.6) is 0 Å². The van der Waals surface area contributed by atoms with Gasteiger partial charge in [-0.15, -0.1) is 0 Å². The summed E-state index contributed by atoms with van der Waals surface area (Å²) in [6, 6.07) is 0.658. The molecule has 0 aromatic rings. The van der Waals surface area contributed by atoms with Gasteiger partial charge < -0.3 is 10.6 Å². The summed E-state index contributed by atoms with van der Waals surface area (Å²) in [5.41, 5.74) is 0. The molecule has 1 fully saturated rings. The minimum absolute atomic E-state index is 0.0112. The third-order valence-electron chi connectivity index (χ3n) is 3.39. The van der Waals surface area contributed by atoms with Gasteiger partial charge in [-0.25, -0.2) is 0 Å². The minimum Gasteiger partial charge on any atom is -0.358 e. The first-order valence-electron chi connectivity index (χ1n) is 6.38. The number of likely N-dealkylation sites (tertiary alicyclic amines) is 1. The molecular weight excluding hydrogens is 202 g/mol. The summed E-state index contributed by atoms with van der Waals surface area (Å²) in [6.45, 7) is 7.33. The molecule has 1 atom stereocenters. The van der Waals surface area contributed by atoms with Crippen molar-refractivity contribution in [3.05, 3.63) is 0 Å². The number of amides is 1. The highest BCUT2D eigenvalue weighted by Gasteiger charge is 2.25. The first-order chi connectivity index (χ1) is 7.69. The summed E-state index contributed by atoms with van der Waals surface area (Å²) in [5.74, 6) is 0.125. The predicted molar refractivity (Wildman–Crippen MR) is 66.4 cm³/mol. The van der Waals surface area contributed by atoms with E-state index in [1.54, 1.807) is 7.05 Å². The van der Waals surface area contributed by atoms with Crippen LogP contribution in [0, 0.1) is 0 Å². The Bertz CT molecular complexity index is 212. The van der Waals surface area contributed by atoms with Gasteiger partial charge in [0.05, 0.1) is 6.04 Å². The van der Waals surface area contributed by atoms with E-state index >= 15 is 0 Å². The van der Waals surface area contributed by atoms with E-state index in [9.17, 15) is 4.79 Å². The van der Waals surface area contributed by atoms with Crippen LogP contribution in [0.25, 0.3) is 0 Å². The maximum absolute atomic E-state index is 11.5. The van der Waals surface area contributed by atoms with Crippen LogP contribution in [0.15, 0.2) is 0 Å². The molecule has 4 heteroatoms. The fourth-order valence-corrected chi connectivity index (χ4v) is 2.21.